The monoisotopic (exact) mass is 292 g/mol. The molecule has 0 bridgehead atoms. The van der Waals surface area contributed by atoms with E-state index in [1.807, 2.05) is 0 Å². The molecule has 5 nitrogen and oxygen atoms in total. The van der Waals surface area contributed by atoms with Gasteiger partial charge in [0.25, 0.3) is 6.43 Å². The van der Waals surface area contributed by atoms with E-state index in [-0.39, 0.29) is 6.01 Å². The van der Waals surface area contributed by atoms with Crippen LogP contribution in [0.3, 0.4) is 0 Å². The Morgan fingerprint density at radius 3 is 2.48 bits per heavy atom. The number of hydrogen-bond acceptors (Lipinski definition) is 5. The zero-order chi connectivity index (χ0) is 14.8. The maximum Gasteiger partial charge on any atom is 0.322 e. The van der Waals surface area contributed by atoms with Crippen molar-refractivity contribution in [2.45, 2.75) is 6.43 Å². The van der Waals surface area contributed by atoms with E-state index < -0.39 is 18.1 Å². The van der Waals surface area contributed by atoms with Crippen LogP contribution < -0.4 is 4.74 Å². The lowest BCUT2D eigenvalue weighted by molar-refractivity contribution is 0.141. The highest BCUT2D eigenvalue weighted by Crippen LogP contribution is 2.28. The van der Waals surface area contributed by atoms with Crippen LogP contribution in [0.4, 0.5) is 13.2 Å². The van der Waals surface area contributed by atoms with E-state index in [1.165, 1.54) is 6.20 Å². The lowest BCUT2D eigenvalue weighted by Crippen LogP contribution is -1.97. The fourth-order valence-electron chi connectivity index (χ4n) is 1.69. The molecule has 0 unspecified atom stereocenters. The molecule has 21 heavy (non-hydrogen) atoms. The van der Waals surface area contributed by atoms with Crippen molar-refractivity contribution in [3.63, 3.8) is 0 Å². The summed E-state index contributed by atoms with van der Waals surface area (Å²) >= 11 is 0. The highest BCUT2D eigenvalue weighted by Gasteiger charge is 2.13. The van der Waals surface area contributed by atoms with Gasteiger partial charge in [0, 0.05) is 6.20 Å². The Labute approximate surface area is 116 Å². The number of nitrogens with zero attached hydrogens (tertiary/aromatic N) is 4. The minimum atomic E-state index is -2.75. The molecule has 106 valence electrons. The summed E-state index contributed by atoms with van der Waals surface area (Å²) in [6, 6.07) is 4.66. The summed E-state index contributed by atoms with van der Waals surface area (Å²) in [5, 5.41) is 0.426. The first-order chi connectivity index (χ1) is 10.1. The number of aromatic nitrogens is 4. The molecular weight excluding hydrogens is 285 g/mol. The van der Waals surface area contributed by atoms with E-state index >= 15 is 0 Å². The normalized spacial score (nSPS) is 11.0. The predicted octanol–water partition coefficient (Wildman–Crippen LogP) is 3.29. The van der Waals surface area contributed by atoms with Crippen molar-refractivity contribution < 1.29 is 17.9 Å². The van der Waals surface area contributed by atoms with E-state index in [9.17, 15) is 13.2 Å². The van der Waals surface area contributed by atoms with Crippen molar-refractivity contribution in [2.24, 2.45) is 0 Å². The average Bonchev–Trinajstić information content (AvgIpc) is 2.49. The van der Waals surface area contributed by atoms with Crippen LogP contribution in [-0.4, -0.2) is 19.9 Å². The zero-order valence-electron chi connectivity index (χ0n) is 10.4. The van der Waals surface area contributed by atoms with Crippen molar-refractivity contribution in [3.05, 3.63) is 48.4 Å². The summed E-state index contributed by atoms with van der Waals surface area (Å²) < 4.78 is 43.3. The number of alkyl halides is 2. The van der Waals surface area contributed by atoms with Gasteiger partial charge in [-0.05, 0) is 12.1 Å². The van der Waals surface area contributed by atoms with Gasteiger partial charge in [-0.15, -0.1) is 0 Å². The standard InChI is InChI=1S/C13H7F3N4O/c14-7-4-18-13(19-5-7)21-10-3-1-2-9-8(10)6-17-12(20-9)11(15)16/h1-6,11H. The number of benzene rings is 1. The molecule has 2 heterocycles. The van der Waals surface area contributed by atoms with Gasteiger partial charge in [-0.25, -0.2) is 33.1 Å². The molecule has 2 aromatic heterocycles. The number of ether oxygens (including phenoxy) is 1. The molecule has 8 heteroatoms. The molecule has 0 aliphatic heterocycles. The molecule has 0 aliphatic carbocycles. The largest absolute Gasteiger partial charge is 0.424 e. The summed E-state index contributed by atoms with van der Waals surface area (Å²) in [6.07, 6.45) is 0.403. The quantitative estimate of drug-likeness (QED) is 0.741. The van der Waals surface area contributed by atoms with Gasteiger partial charge in [0.15, 0.2) is 11.6 Å². The van der Waals surface area contributed by atoms with Gasteiger partial charge in [-0.2, -0.15) is 0 Å². The molecule has 0 aliphatic rings. The second-order valence-electron chi connectivity index (χ2n) is 4.00. The second kappa shape index (κ2) is 5.31. The Kier molecular flexibility index (Phi) is 3.35. The molecular formula is C13H7F3N4O. The van der Waals surface area contributed by atoms with Crippen molar-refractivity contribution in [3.8, 4) is 11.8 Å². The third kappa shape index (κ3) is 2.73. The SMILES string of the molecule is Fc1cnc(Oc2cccc3nc(C(F)F)ncc23)nc1. The van der Waals surface area contributed by atoms with Crippen LogP contribution in [0.15, 0.2) is 36.8 Å². The Balaban J connectivity index is 2.00. The molecule has 0 fully saturated rings. The highest BCUT2D eigenvalue weighted by atomic mass is 19.3. The number of rotatable bonds is 3. The first-order valence-electron chi connectivity index (χ1n) is 5.83. The van der Waals surface area contributed by atoms with E-state index in [4.69, 9.17) is 4.74 Å². The minimum absolute atomic E-state index is 0.0677. The lowest BCUT2D eigenvalue weighted by atomic mass is 10.2. The van der Waals surface area contributed by atoms with Crippen molar-refractivity contribution >= 4 is 10.9 Å². The molecule has 0 saturated heterocycles. The van der Waals surface area contributed by atoms with E-state index in [2.05, 4.69) is 19.9 Å². The van der Waals surface area contributed by atoms with Crippen LogP contribution >= 0.6 is 0 Å². The van der Waals surface area contributed by atoms with Crippen molar-refractivity contribution in [1.29, 1.82) is 0 Å². The van der Waals surface area contributed by atoms with E-state index in [1.54, 1.807) is 18.2 Å². The maximum atomic E-state index is 12.7. The summed E-state index contributed by atoms with van der Waals surface area (Å²) in [7, 11) is 0. The van der Waals surface area contributed by atoms with Crippen LogP contribution in [0.25, 0.3) is 10.9 Å². The van der Waals surface area contributed by atoms with E-state index in [0.29, 0.717) is 16.7 Å². The molecule has 0 amide bonds. The van der Waals surface area contributed by atoms with Crippen LogP contribution in [0, 0.1) is 5.82 Å². The molecule has 0 spiro atoms. The van der Waals surface area contributed by atoms with Gasteiger partial charge in [-0.3, -0.25) is 0 Å². The maximum absolute atomic E-state index is 12.7. The summed E-state index contributed by atoms with van der Waals surface area (Å²) in [5.74, 6) is -0.859. The lowest BCUT2D eigenvalue weighted by Gasteiger charge is -2.07. The third-order valence-corrected chi connectivity index (χ3v) is 2.60. The molecule has 0 radical (unpaired) electrons. The molecule has 0 atom stereocenters. The van der Waals surface area contributed by atoms with Gasteiger partial charge in [0.1, 0.15) is 5.75 Å². The number of hydrogen-bond donors (Lipinski definition) is 0. The Bertz CT molecular complexity index is 780. The van der Waals surface area contributed by atoms with Gasteiger partial charge in [0.2, 0.25) is 0 Å². The second-order valence-corrected chi connectivity index (χ2v) is 4.00. The van der Waals surface area contributed by atoms with Gasteiger partial charge >= 0.3 is 6.01 Å². The summed E-state index contributed by atoms with van der Waals surface area (Å²) in [6.45, 7) is 0. The van der Waals surface area contributed by atoms with Gasteiger partial charge < -0.3 is 4.74 Å². The topological polar surface area (TPSA) is 60.8 Å². The zero-order valence-corrected chi connectivity index (χ0v) is 10.4. The fourth-order valence-corrected chi connectivity index (χ4v) is 1.69. The van der Waals surface area contributed by atoms with Crippen LogP contribution in [-0.2, 0) is 0 Å². The summed E-state index contributed by atoms with van der Waals surface area (Å²) in [4.78, 5) is 14.6. The van der Waals surface area contributed by atoms with Crippen molar-refractivity contribution in [1.82, 2.24) is 19.9 Å². The van der Waals surface area contributed by atoms with Crippen LogP contribution in [0.5, 0.6) is 11.8 Å². The average molecular weight is 292 g/mol. The Morgan fingerprint density at radius 2 is 1.76 bits per heavy atom. The Hall–Kier alpha value is -2.77. The number of fused-ring (bicyclic) bond motifs is 1. The first-order valence-corrected chi connectivity index (χ1v) is 5.83. The number of halogens is 3. The van der Waals surface area contributed by atoms with E-state index in [0.717, 1.165) is 12.4 Å². The summed E-state index contributed by atoms with van der Waals surface area (Å²) in [5.41, 5.74) is 0.305. The van der Waals surface area contributed by atoms with Gasteiger partial charge in [-0.1, -0.05) is 6.07 Å². The Morgan fingerprint density at radius 1 is 1.00 bits per heavy atom. The third-order valence-electron chi connectivity index (χ3n) is 2.60. The molecule has 3 aromatic rings. The van der Waals surface area contributed by atoms with Gasteiger partial charge in [0.05, 0.1) is 23.3 Å². The smallest absolute Gasteiger partial charge is 0.322 e. The first kappa shape index (κ1) is 13.2. The molecule has 3 rings (SSSR count). The van der Waals surface area contributed by atoms with Crippen LogP contribution in [0.1, 0.15) is 12.2 Å². The minimum Gasteiger partial charge on any atom is -0.424 e. The predicted molar refractivity (Wildman–Crippen MR) is 66.6 cm³/mol. The molecule has 0 N–H and O–H groups in total. The molecule has 0 saturated carbocycles. The fraction of sp³-hybridized carbons (Fsp3) is 0.0769. The highest BCUT2D eigenvalue weighted by molar-refractivity contribution is 5.84. The van der Waals surface area contributed by atoms with Crippen molar-refractivity contribution in [2.75, 3.05) is 0 Å². The van der Waals surface area contributed by atoms with Crippen LogP contribution in [0.2, 0.25) is 0 Å². The molecule has 1 aromatic carbocycles.